The van der Waals surface area contributed by atoms with Crippen LogP contribution in [0.15, 0.2) is 53.7 Å². The molecule has 0 unspecified atom stereocenters. The second kappa shape index (κ2) is 6.87. The van der Waals surface area contributed by atoms with E-state index >= 15 is 0 Å². The fourth-order valence-corrected chi connectivity index (χ4v) is 4.52. The van der Waals surface area contributed by atoms with Crippen molar-refractivity contribution in [1.29, 1.82) is 0 Å². The summed E-state index contributed by atoms with van der Waals surface area (Å²) in [6, 6.07) is 12.1. The molecule has 0 atom stereocenters. The Morgan fingerprint density at radius 1 is 1.30 bits per heavy atom. The second-order valence-electron chi connectivity index (χ2n) is 5.76. The summed E-state index contributed by atoms with van der Waals surface area (Å²) < 4.78 is 33.3. The summed E-state index contributed by atoms with van der Waals surface area (Å²) in [6.07, 6.45) is 0.989. The summed E-state index contributed by atoms with van der Waals surface area (Å²) >= 11 is 6.55. The predicted octanol–water partition coefficient (Wildman–Crippen LogP) is 2.59. The van der Waals surface area contributed by atoms with Crippen LogP contribution in [0, 0.1) is 5.21 Å². The zero-order chi connectivity index (χ0) is 19.0. The molecule has 0 saturated heterocycles. The lowest BCUT2D eigenvalue weighted by Crippen LogP contribution is -2.21. The van der Waals surface area contributed by atoms with E-state index in [1.807, 2.05) is 29.2 Å². The Morgan fingerprint density at radius 2 is 2.07 bits per heavy atom. The van der Waals surface area contributed by atoms with Crippen LogP contribution in [0.4, 0.5) is 10.8 Å². The maximum Gasteiger partial charge on any atom is 0.348 e. The molecule has 1 aliphatic rings. The van der Waals surface area contributed by atoms with Crippen LogP contribution >= 0.6 is 23.1 Å². The summed E-state index contributed by atoms with van der Waals surface area (Å²) in [4.78, 5) is 5.71. The number of fused-ring (bicyclic) bond motifs is 1. The van der Waals surface area contributed by atoms with Gasteiger partial charge in [0.25, 0.3) is 10.0 Å². The first-order chi connectivity index (χ1) is 12.9. The third-order valence-corrected chi connectivity index (χ3v) is 6.28. The number of aromatic nitrogens is 2. The molecular weight excluding hydrogens is 412 g/mol. The van der Waals surface area contributed by atoms with Gasteiger partial charge in [0.1, 0.15) is 17.3 Å². The molecule has 0 bridgehead atoms. The molecule has 8 nitrogen and oxygen atoms in total. The molecule has 2 heterocycles. The van der Waals surface area contributed by atoms with E-state index in [4.69, 9.17) is 16.3 Å². The number of sulfonamides is 1. The van der Waals surface area contributed by atoms with E-state index in [0.717, 1.165) is 17.6 Å². The molecule has 0 aliphatic carbocycles. The van der Waals surface area contributed by atoms with Crippen molar-refractivity contribution in [3.8, 4) is 5.75 Å². The number of hydrogen-bond acceptors (Lipinski definition) is 7. The van der Waals surface area contributed by atoms with Gasteiger partial charge in [-0.05, 0) is 34.8 Å². The van der Waals surface area contributed by atoms with Crippen LogP contribution in [0.2, 0.25) is 5.02 Å². The molecule has 140 valence electrons. The molecule has 1 N–H and O–H groups in total. The highest BCUT2D eigenvalue weighted by molar-refractivity contribution is 7.93. The van der Waals surface area contributed by atoms with E-state index < -0.39 is 10.0 Å². The fourth-order valence-electron chi connectivity index (χ4n) is 2.65. The molecule has 27 heavy (non-hydrogen) atoms. The van der Waals surface area contributed by atoms with E-state index in [0.29, 0.717) is 39.7 Å². The van der Waals surface area contributed by atoms with Gasteiger partial charge in [-0.3, -0.25) is 0 Å². The van der Waals surface area contributed by atoms with E-state index in [-0.39, 0.29) is 10.0 Å². The molecule has 0 radical (unpaired) electrons. The van der Waals surface area contributed by atoms with Gasteiger partial charge in [0.2, 0.25) is 0 Å². The van der Waals surface area contributed by atoms with Crippen molar-refractivity contribution in [3.05, 3.63) is 64.6 Å². The van der Waals surface area contributed by atoms with Gasteiger partial charge < -0.3 is 14.8 Å². The van der Waals surface area contributed by atoms with Gasteiger partial charge in [0, 0.05) is 17.6 Å². The normalized spacial score (nSPS) is 13.3. The topological polar surface area (TPSA) is 98.5 Å². The highest BCUT2D eigenvalue weighted by Crippen LogP contribution is 2.37. The number of rotatable bonds is 5. The van der Waals surface area contributed by atoms with Crippen molar-refractivity contribution in [2.45, 2.75) is 11.4 Å². The first kappa shape index (κ1) is 17.8. The number of nitrogens with zero attached hydrogens (tertiary/aromatic N) is 3. The first-order valence-electron chi connectivity index (χ1n) is 7.75. The van der Waals surface area contributed by atoms with E-state index in [2.05, 4.69) is 9.71 Å². The van der Waals surface area contributed by atoms with Crippen LogP contribution in [-0.2, 0) is 16.6 Å². The lowest BCUT2D eigenvalue weighted by atomic mass is 10.2. The molecular formula is C16H13ClN4O4S2. The van der Waals surface area contributed by atoms with Crippen LogP contribution in [0.3, 0.4) is 0 Å². The molecule has 1 aliphatic heterocycles. The number of ether oxygens (including phenoxy) is 1. The molecule has 0 amide bonds. The molecule has 0 saturated carbocycles. The van der Waals surface area contributed by atoms with Gasteiger partial charge in [-0.15, -0.1) is 0 Å². The molecule has 1 aromatic heterocycles. The minimum absolute atomic E-state index is 0.00391. The maximum atomic E-state index is 12.5. The van der Waals surface area contributed by atoms with Crippen molar-refractivity contribution in [1.82, 2.24) is 4.98 Å². The minimum Gasteiger partial charge on any atom is -0.700 e. The molecule has 4 rings (SSSR count). The number of anilines is 2. The Hall–Kier alpha value is -2.56. The number of nitrogens with one attached hydrogen (secondary N) is 1. The molecule has 3 aromatic rings. The summed E-state index contributed by atoms with van der Waals surface area (Å²) in [6.45, 7) is 0.925. The summed E-state index contributed by atoms with van der Waals surface area (Å²) in [5.41, 5.74) is 1.86. The number of hydrogen-bond donors (Lipinski definition) is 1. The van der Waals surface area contributed by atoms with E-state index in [1.54, 1.807) is 6.07 Å². The highest BCUT2D eigenvalue weighted by Gasteiger charge is 2.25. The molecule has 0 spiro atoms. The lowest BCUT2D eigenvalue weighted by molar-refractivity contribution is -0.532. The number of halogens is 1. The average molecular weight is 425 g/mol. The van der Waals surface area contributed by atoms with Crippen LogP contribution in [0.5, 0.6) is 5.75 Å². The van der Waals surface area contributed by atoms with Crippen molar-refractivity contribution in [2.75, 3.05) is 16.4 Å². The Balaban J connectivity index is 1.54. The molecule has 2 aromatic carbocycles. The van der Waals surface area contributed by atoms with Gasteiger partial charge in [0.15, 0.2) is 6.73 Å². The van der Waals surface area contributed by atoms with Gasteiger partial charge in [-0.1, -0.05) is 23.7 Å². The molecule has 11 heteroatoms. The van der Waals surface area contributed by atoms with Gasteiger partial charge in [-0.25, -0.2) is 13.1 Å². The monoisotopic (exact) mass is 424 g/mol. The first-order valence-corrected chi connectivity index (χ1v) is 10.4. The van der Waals surface area contributed by atoms with Crippen LogP contribution in [0.25, 0.3) is 0 Å². The highest BCUT2D eigenvalue weighted by atomic mass is 35.5. The second-order valence-corrected chi connectivity index (χ2v) is 8.81. The van der Waals surface area contributed by atoms with Crippen molar-refractivity contribution >= 4 is 44.0 Å². The quantitative estimate of drug-likeness (QED) is 0.499. The zero-order valence-corrected chi connectivity index (χ0v) is 16.1. The Morgan fingerprint density at radius 3 is 2.78 bits per heavy atom. The smallest absolute Gasteiger partial charge is 0.348 e. The Labute approximate surface area is 164 Å². The van der Waals surface area contributed by atoms with Crippen LogP contribution in [0.1, 0.15) is 5.56 Å². The van der Waals surface area contributed by atoms with E-state index in [1.165, 1.54) is 12.1 Å². The summed E-state index contributed by atoms with van der Waals surface area (Å²) in [5, 5.41) is 11.7. The average Bonchev–Trinajstić information content (AvgIpc) is 3.22. The van der Waals surface area contributed by atoms with Gasteiger partial charge >= 0.3 is 11.5 Å². The largest absolute Gasteiger partial charge is 0.700 e. The third kappa shape index (κ3) is 3.77. The van der Waals surface area contributed by atoms with Gasteiger partial charge in [0.05, 0.1) is 10.6 Å². The minimum atomic E-state index is -3.87. The van der Waals surface area contributed by atoms with Crippen molar-refractivity contribution in [2.24, 2.45) is 0 Å². The Bertz CT molecular complexity index is 1090. The fraction of sp³-hybridized carbons (Fsp3) is 0.125. The van der Waals surface area contributed by atoms with Crippen LogP contribution in [-0.4, -0.2) is 20.1 Å². The number of benzene rings is 2. The van der Waals surface area contributed by atoms with Crippen LogP contribution < -0.4 is 18.5 Å². The van der Waals surface area contributed by atoms with Gasteiger partial charge in [-0.2, -0.15) is 4.12 Å². The zero-order valence-electron chi connectivity index (χ0n) is 13.7. The van der Waals surface area contributed by atoms with E-state index in [9.17, 15) is 13.6 Å². The predicted molar refractivity (Wildman–Crippen MR) is 101 cm³/mol. The van der Waals surface area contributed by atoms with Crippen molar-refractivity contribution < 1.29 is 17.3 Å². The summed E-state index contributed by atoms with van der Waals surface area (Å²) in [7, 11) is -3.87. The summed E-state index contributed by atoms with van der Waals surface area (Å²) in [5.74, 6) is 0.477. The molecule has 0 fully saturated rings. The third-order valence-electron chi connectivity index (χ3n) is 3.91. The Kier molecular flexibility index (Phi) is 4.54. The van der Waals surface area contributed by atoms with Crippen molar-refractivity contribution in [3.63, 3.8) is 0 Å². The lowest BCUT2D eigenvalue weighted by Gasteiger charge is -2.16. The SMILES string of the molecule is O=S(=O)(Nc1nc[n+]([O-])s1)c1ccc2c(c1)OCN2Cc1ccc(Cl)cc1. The standard InChI is InChI=1S/C16H13ClN4O4S2/c17-12-3-1-11(2-4-12)8-20-10-25-15-7-13(5-6-14(15)20)27(23,24)19-16-18-9-21(22)26-16/h1-7,9H,8,10H2,(H,18,19). The maximum absolute atomic E-state index is 12.5.